The van der Waals surface area contributed by atoms with Gasteiger partial charge in [-0.25, -0.2) is 4.79 Å². The molecule has 0 atom stereocenters. The zero-order valence-corrected chi connectivity index (χ0v) is 16.1. The van der Waals surface area contributed by atoms with Crippen LogP contribution < -0.4 is 0 Å². The Morgan fingerprint density at radius 1 is 1.04 bits per heavy atom. The average molecular weight is 362 g/mol. The van der Waals surface area contributed by atoms with Crippen molar-refractivity contribution >= 4 is 12.0 Å². The molecule has 1 saturated heterocycles. The summed E-state index contributed by atoms with van der Waals surface area (Å²) in [7, 11) is 0. The normalized spacial score (nSPS) is 19.5. The van der Waals surface area contributed by atoms with Crippen LogP contribution in [-0.4, -0.2) is 63.4 Å². The predicted molar refractivity (Wildman–Crippen MR) is 98.1 cm³/mol. The monoisotopic (exact) mass is 362 g/mol. The van der Waals surface area contributed by atoms with E-state index in [0.717, 1.165) is 19.3 Å². The van der Waals surface area contributed by atoms with E-state index in [9.17, 15) is 9.59 Å². The smallest absolute Gasteiger partial charge is 0.410 e. The highest BCUT2D eigenvalue weighted by Gasteiger charge is 2.27. The highest BCUT2D eigenvalue weighted by molar-refractivity contribution is 5.92. The van der Waals surface area contributed by atoms with Crippen LogP contribution in [0.1, 0.15) is 69.4 Å². The Balaban J connectivity index is 1.58. The number of amides is 2. The third kappa shape index (κ3) is 4.56. The molecule has 3 rings (SSSR count). The average Bonchev–Trinajstić information content (AvgIpc) is 3.19. The van der Waals surface area contributed by atoms with Gasteiger partial charge in [-0.15, -0.1) is 0 Å². The van der Waals surface area contributed by atoms with Crippen LogP contribution in [0.3, 0.4) is 0 Å². The van der Waals surface area contributed by atoms with E-state index in [1.54, 1.807) is 9.80 Å². The Morgan fingerprint density at radius 2 is 1.69 bits per heavy atom. The van der Waals surface area contributed by atoms with Crippen LogP contribution in [0.2, 0.25) is 0 Å². The topological polar surface area (TPSA) is 67.7 Å². The number of aromatic nitrogens is 2. The molecule has 144 valence electrons. The van der Waals surface area contributed by atoms with E-state index in [1.165, 1.54) is 12.8 Å². The largest absolute Gasteiger partial charge is 0.444 e. The van der Waals surface area contributed by atoms with E-state index in [-0.39, 0.29) is 12.0 Å². The molecule has 1 aromatic heterocycles. The minimum atomic E-state index is -0.508. The SMILES string of the molecule is CC(C)(C)OC(=O)N1CCCN(C(=O)c2ccn(C3CCCC3)n2)CC1. The lowest BCUT2D eigenvalue weighted by molar-refractivity contribution is 0.0255. The number of ether oxygens (including phenoxy) is 1. The Morgan fingerprint density at radius 3 is 2.38 bits per heavy atom. The van der Waals surface area contributed by atoms with E-state index in [0.29, 0.717) is 37.9 Å². The second-order valence-corrected chi connectivity index (χ2v) is 8.23. The van der Waals surface area contributed by atoms with Gasteiger partial charge in [0.1, 0.15) is 11.3 Å². The van der Waals surface area contributed by atoms with Crippen molar-refractivity contribution in [3.8, 4) is 0 Å². The highest BCUT2D eigenvalue weighted by atomic mass is 16.6. The maximum Gasteiger partial charge on any atom is 0.410 e. The molecule has 0 aromatic carbocycles. The third-order valence-electron chi connectivity index (χ3n) is 4.96. The van der Waals surface area contributed by atoms with Crippen LogP contribution in [-0.2, 0) is 4.74 Å². The standard InChI is InChI=1S/C19H30N4O3/c1-19(2,3)26-18(25)22-11-6-10-21(13-14-22)17(24)16-9-12-23(20-16)15-7-4-5-8-15/h9,12,15H,4-8,10-11,13-14H2,1-3H3. The van der Waals surface area contributed by atoms with Crippen molar-refractivity contribution < 1.29 is 14.3 Å². The number of carbonyl (C=O) groups is 2. The summed E-state index contributed by atoms with van der Waals surface area (Å²) in [6, 6.07) is 2.25. The molecule has 26 heavy (non-hydrogen) atoms. The lowest BCUT2D eigenvalue weighted by atomic mass is 10.2. The fraction of sp³-hybridized carbons (Fsp3) is 0.737. The molecular weight excluding hydrogens is 332 g/mol. The van der Waals surface area contributed by atoms with Gasteiger partial charge in [-0.3, -0.25) is 9.48 Å². The van der Waals surface area contributed by atoms with Crippen molar-refractivity contribution in [2.24, 2.45) is 0 Å². The van der Waals surface area contributed by atoms with Crippen molar-refractivity contribution in [2.45, 2.75) is 64.5 Å². The molecule has 0 radical (unpaired) electrons. The Labute approximate surface area is 155 Å². The molecule has 2 fully saturated rings. The van der Waals surface area contributed by atoms with Gasteiger partial charge >= 0.3 is 6.09 Å². The van der Waals surface area contributed by atoms with E-state index in [4.69, 9.17) is 4.74 Å². The molecule has 0 N–H and O–H groups in total. The summed E-state index contributed by atoms with van der Waals surface area (Å²) >= 11 is 0. The van der Waals surface area contributed by atoms with E-state index in [1.807, 2.05) is 37.7 Å². The first-order chi connectivity index (χ1) is 12.3. The van der Waals surface area contributed by atoms with E-state index >= 15 is 0 Å². The van der Waals surface area contributed by atoms with Crippen molar-refractivity contribution in [3.05, 3.63) is 18.0 Å². The Kier molecular flexibility index (Phi) is 5.53. The number of carbonyl (C=O) groups excluding carboxylic acids is 2. The maximum atomic E-state index is 12.8. The summed E-state index contributed by atoms with van der Waals surface area (Å²) in [5.74, 6) is -0.0483. The molecule has 0 unspecified atom stereocenters. The van der Waals surface area contributed by atoms with Crippen LogP contribution in [0.25, 0.3) is 0 Å². The van der Waals surface area contributed by atoms with Crippen LogP contribution >= 0.6 is 0 Å². The summed E-state index contributed by atoms with van der Waals surface area (Å²) in [6.07, 6.45) is 7.12. The molecule has 1 aromatic rings. The van der Waals surface area contributed by atoms with Gasteiger partial charge in [0.25, 0.3) is 5.91 Å². The van der Waals surface area contributed by atoms with Gasteiger partial charge in [0.15, 0.2) is 0 Å². The first-order valence-electron chi connectivity index (χ1n) is 9.66. The van der Waals surface area contributed by atoms with Crippen LogP contribution in [0.5, 0.6) is 0 Å². The molecule has 2 amide bonds. The van der Waals surface area contributed by atoms with E-state index in [2.05, 4.69) is 5.10 Å². The molecule has 1 saturated carbocycles. The van der Waals surface area contributed by atoms with Crippen LogP contribution in [0.4, 0.5) is 4.79 Å². The number of hydrogen-bond acceptors (Lipinski definition) is 4. The molecule has 2 aliphatic rings. The first-order valence-corrected chi connectivity index (χ1v) is 9.66. The van der Waals surface area contributed by atoms with Crippen molar-refractivity contribution in [3.63, 3.8) is 0 Å². The summed E-state index contributed by atoms with van der Waals surface area (Å²) in [6.45, 7) is 7.82. The summed E-state index contributed by atoms with van der Waals surface area (Å²) < 4.78 is 7.39. The lowest BCUT2D eigenvalue weighted by Crippen LogP contribution is -2.40. The molecule has 0 bridgehead atoms. The molecular formula is C19H30N4O3. The lowest BCUT2D eigenvalue weighted by Gasteiger charge is -2.26. The summed E-state index contributed by atoms with van der Waals surface area (Å²) in [5, 5.41) is 4.52. The first kappa shape index (κ1) is 18.7. The number of hydrogen-bond donors (Lipinski definition) is 0. The van der Waals surface area contributed by atoms with Crippen molar-refractivity contribution in [2.75, 3.05) is 26.2 Å². The zero-order chi connectivity index (χ0) is 18.7. The Bertz CT molecular complexity index is 643. The molecule has 0 spiro atoms. The number of nitrogens with zero attached hydrogens (tertiary/aromatic N) is 4. The zero-order valence-electron chi connectivity index (χ0n) is 16.1. The fourth-order valence-electron chi connectivity index (χ4n) is 3.62. The van der Waals surface area contributed by atoms with Gasteiger partial charge in [0, 0.05) is 32.4 Å². The Hall–Kier alpha value is -2.05. The van der Waals surface area contributed by atoms with Crippen LogP contribution in [0.15, 0.2) is 12.3 Å². The minimum Gasteiger partial charge on any atom is -0.444 e. The van der Waals surface area contributed by atoms with E-state index < -0.39 is 5.60 Å². The summed E-state index contributed by atoms with van der Waals surface area (Å²) in [4.78, 5) is 28.5. The third-order valence-corrected chi connectivity index (χ3v) is 4.96. The summed E-state index contributed by atoms with van der Waals surface area (Å²) in [5.41, 5.74) is -0.00555. The second-order valence-electron chi connectivity index (χ2n) is 8.23. The predicted octanol–water partition coefficient (Wildman–Crippen LogP) is 3.08. The number of rotatable bonds is 2. The van der Waals surface area contributed by atoms with Gasteiger partial charge < -0.3 is 14.5 Å². The van der Waals surface area contributed by atoms with Gasteiger partial charge in [-0.2, -0.15) is 5.10 Å². The van der Waals surface area contributed by atoms with Gasteiger partial charge in [-0.05, 0) is 46.1 Å². The quantitative estimate of drug-likeness (QED) is 0.811. The van der Waals surface area contributed by atoms with Gasteiger partial charge in [0.05, 0.1) is 6.04 Å². The second kappa shape index (κ2) is 7.68. The van der Waals surface area contributed by atoms with Crippen molar-refractivity contribution in [1.82, 2.24) is 19.6 Å². The van der Waals surface area contributed by atoms with Gasteiger partial charge in [-0.1, -0.05) is 12.8 Å². The van der Waals surface area contributed by atoms with Gasteiger partial charge in [0.2, 0.25) is 0 Å². The molecule has 2 heterocycles. The minimum absolute atomic E-state index is 0.0483. The molecule has 7 heteroatoms. The molecule has 1 aliphatic carbocycles. The fourth-order valence-corrected chi connectivity index (χ4v) is 3.62. The van der Waals surface area contributed by atoms with Crippen LogP contribution in [0, 0.1) is 0 Å². The molecule has 1 aliphatic heterocycles. The maximum absolute atomic E-state index is 12.8. The van der Waals surface area contributed by atoms with Crippen molar-refractivity contribution in [1.29, 1.82) is 0 Å². The molecule has 7 nitrogen and oxygen atoms in total. The highest BCUT2D eigenvalue weighted by Crippen LogP contribution is 2.28.